The summed E-state index contributed by atoms with van der Waals surface area (Å²) in [5.74, 6) is 0. The summed E-state index contributed by atoms with van der Waals surface area (Å²) >= 11 is 0. The Morgan fingerprint density at radius 1 is 0.426 bits per heavy atom. The van der Waals surface area contributed by atoms with E-state index in [2.05, 4.69) is 258 Å². The van der Waals surface area contributed by atoms with Crippen molar-refractivity contribution in [2.24, 2.45) is 0 Å². The van der Waals surface area contributed by atoms with Gasteiger partial charge >= 0.3 is 0 Å². The third kappa shape index (κ3) is 5.70. The van der Waals surface area contributed by atoms with E-state index in [1.54, 1.807) is 0 Å². The highest BCUT2D eigenvalue weighted by atomic mass is 16.3. The van der Waals surface area contributed by atoms with E-state index in [9.17, 15) is 0 Å². The quantitative estimate of drug-likeness (QED) is 0.165. The lowest BCUT2D eigenvalue weighted by molar-refractivity contribution is 0.573. The molecule has 0 fully saturated rings. The largest absolute Gasteiger partial charge is 0.456 e. The van der Waals surface area contributed by atoms with E-state index in [-0.39, 0.29) is 10.8 Å². The fourth-order valence-electron chi connectivity index (χ4n) is 12.3. The summed E-state index contributed by atoms with van der Waals surface area (Å²) in [7, 11) is 0. The predicted molar refractivity (Wildman–Crippen MR) is 285 cm³/mol. The van der Waals surface area contributed by atoms with Crippen LogP contribution in [0.2, 0.25) is 0 Å². The summed E-state index contributed by atoms with van der Waals surface area (Å²) in [4.78, 5) is 2.50. The number of nitrogens with zero attached hydrogens (tertiary/aromatic N) is 1. The highest BCUT2D eigenvalue weighted by Crippen LogP contribution is 2.59. The fourth-order valence-corrected chi connectivity index (χ4v) is 12.3. The standard InChI is InChI=1S/C66H51NO/c1-64(2,3)58-33-19-29-52-50-37-35-46(41-60(50)68-63(52)58)67(45-36-38-57-54(40-45)49-27-15-17-32-56(49)66(57,43-21-8-6-9-22-43)44-23-10-7-11-24-44)59-39-34-42-20-12-13-25-47(42)61(59)53-30-18-28-51-48-26-14-16-31-55(48)65(4,5)62(51)53/h6-41H,1-5H3. The van der Waals surface area contributed by atoms with Crippen molar-refractivity contribution in [3.05, 3.63) is 257 Å². The molecule has 1 heterocycles. The lowest BCUT2D eigenvalue weighted by Crippen LogP contribution is -2.28. The van der Waals surface area contributed by atoms with Gasteiger partial charge in [-0.3, -0.25) is 0 Å². The zero-order chi connectivity index (χ0) is 45.9. The molecule has 0 saturated heterocycles. The number of hydrogen-bond acceptors (Lipinski definition) is 2. The zero-order valence-corrected chi connectivity index (χ0v) is 39.1. The maximum atomic E-state index is 7.00. The van der Waals surface area contributed by atoms with Gasteiger partial charge in [-0.15, -0.1) is 0 Å². The van der Waals surface area contributed by atoms with E-state index in [1.807, 2.05) is 0 Å². The van der Waals surface area contributed by atoms with Gasteiger partial charge in [-0.1, -0.05) is 217 Å². The molecule has 0 N–H and O–H groups in total. The highest BCUT2D eigenvalue weighted by Gasteiger charge is 2.46. The van der Waals surface area contributed by atoms with Gasteiger partial charge in [0.05, 0.1) is 11.1 Å². The average Bonchev–Trinajstić information content (AvgIpc) is 3.97. The molecule has 2 heteroatoms. The van der Waals surface area contributed by atoms with Crippen molar-refractivity contribution in [1.82, 2.24) is 0 Å². The molecule has 326 valence electrons. The number of fused-ring (bicyclic) bond motifs is 10. The maximum absolute atomic E-state index is 7.00. The first-order chi connectivity index (χ1) is 33.1. The Morgan fingerprint density at radius 3 is 1.75 bits per heavy atom. The Morgan fingerprint density at radius 2 is 1.00 bits per heavy atom. The molecule has 1 aromatic heterocycles. The molecule has 2 nitrogen and oxygen atoms in total. The number of benzene rings is 10. The van der Waals surface area contributed by atoms with Gasteiger partial charge in [0.15, 0.2) is 0 Å². The van der Waals surface area contributed by atoms with E-state index in [0.717, 1.165) is 39.0 Å². The van der Waals surface area contributed by atoms with Crippen LogP contribution in [0.5, 0.6) is 0 Å². The van der Waals surface area contributed by atoms with E-state index < -0.39 is 5.41 Å². The van der Waals surface area contributed by atoms with Gasteiger partial charge in [-0.2, -0.15) is 0 Å². The smallest absolute Gasteiger partial charge is 0.139 e. The number of rotatable bonds is 6. The van der Waals surface area contributed by atoms with Gasteiger partial charge < -0.3 is 9.32 Å². The molecule has 0 saturated carbocycles. The number of hydrogen-bond donors (Lipinski definition) is 0. The fraction of sp³-hybridized carbons (Fsp3) is 0.121. The third-order valence-corrected chi connectivity index (χ3v) is 15.2. The minimum atomic E-state index is -0.505. The molecule has 0 atom stereocenters. The second kappa shape index (κ2) is 14.8. The molecule has 0 aliphatic heterocycles. The van der Waals surface area contributed by atoms with Crippen molar-refractivity contribution < 1.29 is 4.42 Å². The van der Waals surface area contributed by atoms with Gasteiger partial charge in [0.25, 0.3) is 0 Å². The SMILES string of the molecule is CC(C)(C)c1cccc2c1oc1cc(N(c3ccc4c(c3)-c3ccccc3C4(c3ccccc3)c3ccccc3)c3ccc4ccccc4c3-c3cccc4c3C(C)(C)c3ccccc3-4)ccc12. The topological polar surface area (TPSA) is 16.4 Å². The molecule has 2 aliphatic carbocycles. The number of furan rings is 1. The summed E-state index contributed by atoms with van der Waals surface area (Å²) in [6.45, 7) is 11.6. The summed E-state index contributed by atoms with van der Waals surface area (Å²) in [6.07, 6.45) is 0. The zero-order valence-electron chi connectivity index (χ0n) is 39.1. The van der Waals surface area contributed by atoms with Crippen LogP contribution in [0.3, 0.4) is 0 Å². The Kier molecular flexibility index (Phi) is 8.77. The van der Waals surface area contributed by atoms with Crippen molar-refractivity contribution in [2.45, 2.75) is 50.9 Å². The van der Waals surface area contributed by atoms with Crippen molar-refractivity contribution in [3.63, 3.8) is 0 Å². The van der Waals surface area contributed by atoms with Gasteiger partial charge in [-0.25, -0.2) is 0 Å². The first-order valence-corrected chi connectivity index (χ1v) is 24.0. The molecule has 13 rings (SSSR count). The number of para-hydroxylation sites is 1. The molecule has 0 amide bonds. The second-order valence-corrected chi connectivity index (χ2v) is 20.4. The lowest BCUT2D eigenvalue weighted by atomic mass is 9.68. The molecule has 0 spiro atoms. The Hall–Kier alpha value is -7.94. The number of anilines is 3. The molecule has 0 radical (unpaired) electrons. The van der Waals surface area contributed by atoms with Crippen LogP contribution in [0.15, 0.2) is 223 Å². The highest BCUT2D eigenvalue weighted by molar-refractivity contribution is 6.10. The van der Waals surface area contributed by atoms with Gasteiger partial charge in [-0.05, 0) is 108 Å². The maximum Gasteiger partial charge on any atom is 0.139 e. The molecule has 11 aromatic rings. The van der Waals surface area contributed by atoms with Crippen molar-refractivity contribution >= 4 is 49.8 Å². The molecular weight excluding hydrogens is 823 g/mol. The van der Waals surface area contributed by atoms with Crippen LogP contribution < -0.4 is 4.90 Å². The van der Waals surface area contributed by atoms with Crippen LogP contribution in [0.1, 0.15) is 73.6 Å². The van der Waals surface area contributed by atoms with Crippen molar-refractivity contribution in [3.8, 4) is 33.4 Å². The van der Waals surface area contributed by atoms with E-state index >= 15 is 0 Å². The predicted octanol–water partition coefficient (Wildman–Crippen LogP) is 17.8. The van der Waals surface area contributed by atoms with Crippen molar-refractivity contribution in [2.75, 3.05) is 4.90 Å². The minimum absolute atomic E-state index is 0.0823. The van der Waals surface area contributed by atoms with Crippen LogP contribution >= 0.6 is 0 Å². The van der Waals surface area contributed by atoms with Gasteiger partial charge in [0, 0.05) is 44.8 Å². The van der Waals surface area contributed by atoms with Crippen molar-refractivity contribution in [1.29, 1.82) is 0 Å². The van der Waals surface area contributed by atoms with E-state index in [0.29, 0.717) is 0 Å². The molecule has 10 aromatic carbocycles. The second-order valence-electron chi connectivity index (χ2n) is 20.4. The van der Waals surface area contributed by atoms with Gasteiger partial charge in [0.1, 0.15) is 11.2 Å². The molecule has 2 aliphatic rings. The summed E-state index contributed by atoms with van der Waals surface area (Å²) < 4.78 is 7.00. The first kappa shape index (κ1) is 40.3. The first-order valence-electron chi connectivity index (χ1n) is 24.0. The monoisotopic (exact) mass is 873 g/mol. The summed E-state index contributed by atoms with van der Waals surface area (Å²) in [5, 5.41) is 4.68. The molecule has 0 unspecified atom stereocenters. The Labute approximate surface area is 398 Å². The normalized spacial score (nSPS) is 14.2. The minimum Gasteiger partial charge on any atom is -0.456 e. The van der Waals surface area contributed by atoms with Gasteiger partial charge in [0.2, 0.25) is 0 Å². The lowest BCUT2D eigenvalue weighted by Gasteiger charge is -2.34. The third-order valence-electron chi connectivity index (χ3n) is 15.2. The van der Waals surface area contributed by atoms with Crippen LogP contribution in [0.25, 0.3) is 66.1 Å². The van der Waals surface area contributed by atoms with E-state index in [4.69, 9.17) is 4.42 Å². The summed E-state index contributed by atoms with van der Waals surface area (Å²) in [5.41, 5.74) is 20.8. The van der Waals surface area contributed by atoms with Crippen LogP contribution in [0, 0.1) is 0 Å². The summed E-state index contributed by atoms with van der Waals surface area (Å²) in [6, 6.07) is 81.3. The average molecular weight is 874 g/mol. The molecule has 68 heavy (non-hydrogen) atoms. The Bertz CT molecular complexity index is 3770. The van der Waals surface area contributed by atoms with Crippen LogP contribution in [-0.2, 0) is 16.2 Å². The van der Waals surface area contributed by atoms with Crippen LogP contribution in [0.4, 0.5) is 17.1 Å². The molecule has 0 bridgehead atoms. The van der Waals surface area contributed by atoms with Crippen LogP contribution in [-0.4, -0.2) is 0 Å². The molecular formula is C66H51NO. The van der Waals surface area contributed by atoms with E-state index in [1.165, 1.54) is 83.1 Å². The Balaban J connectivity index is 1.12.